The highest BCUT2D eigenvalue weighted by atomic mass is 32.1. The zero-order valence-electron chi connectivity index (χ0n) is 9.56. The van der Waals surface area contributed by atoms with E-state index in [1.165, 1.54) is 11.3 Å². The third kappa shape index (κ3) is 2.32. The minimum absolute atomic E-state index is 0.244. The van der Waals surface area contributed by atoms with Gasteiger partial charge in [0.25, 0.3) is 0 Å². The summed E-state index contributed by atoms with van der Waals surface area (Å²) in [5.74, 6) is 0.761. The molecule has 16 heavy (non-hydrogen) atoms. The molecular weight excluding hydrogens is 224 g/mol. The van der Waals surface area contributed by atoms with E-state index in [-0.39, 0.29) is 5.91 Å². The molecule has 1 unspecified atom stereocenters. The van der Waals surface area contributed by atoms with Crippen LogP contribution in [0.15, 0.2) is 0 Å². The second kappa shape index (κ2) is 4.78. The number of likely N-dealkylation sites (tertiary alicyclic amines) is 1. The van der Waals surface area contributed by atoms with Crippen molar-refractivity contribution in [2.75, 3.05) is 18.9 Å². The van der Waals surface area contributed by atoms with E-state index in [2.05, 4.69) is 22.4 Å². The van der Waals surface area contributed by atoms with Crippen molar-refractivity contribution >= 4 is 22.4 Å². The van der Waals surface area contributed by atoms with Crippen molar-refractivity contribution < 1.29 is 4.79 Å². The van der Waals surface area contributed by atoms with Gasteiger partial charge < -0.3 is 10.2 Å². The third-order valence-electron chi connectivity index (χ3n) is 2.88. The fourth-order valence-corrected chi connectivity index (χ4v) is 2.57. The molecule has 1 aliphatic heterocycles. The van der Waals surface area contributed by atoms with Crippen molar-refractivity contribution in [2.45, 2.75) is 26.3 Å². The molecule has 6 heteroatoms. The summed E-state index contributed by atoms with van der Waals surface area (Å²) in [6.07, 6.45) is 1.76. The fourth-order valence-electron chi connectivity index (χ4n) is 1.86. The molecular formula is C10H16N4OS. The van der Waals surface area contributed by atoms with Crippen molar-refractivity contribution in [3.8, 4) is 0 Å². The Bertz CT molecular complexity index is 379. The molecule has 5 nitrogen and oxygen atoms in total. The summed E-state index contributed by atoms with van der Waals surface area (Å²) in [5, 5.41) is 12.7. The topological polar surface area (TPSA) is 58.1 Å². The van der Waals surface area contributed by atoms with Gasteiger partial charge in [-0.3, -0.25) is 4.79 Å². The first kappa shape index (κ1) is 11.3. The Morgan fingerprint density at radius 2 is 2.38 bits per heavy atom. The summed E-state index contributed by atoms with van der Waals surface area (Å²) in [5.41, 5.74) is 0. The Labute approximate surface area is 98.9 Å². The second-order valence-corrected chi connectivity index (χ2v) is 5.07. The van der Waals surface area contributed by atoms with Crippen LogP contribution in [0.3, 0.4) is 0 Å². The van der Waals surface area contributed by atoms with Gasteiger partial charge in [-0.2, -0.15) is 0 Å². The molecule has 0 aliphatic carbocycles. The number of anilines is 1. The van der Waals surface area contributed by atoms with Crippen LogP contribution >= 0.6 is 11.3 Å². The molecule has 1 saturated heterocycles. The van der Waals surface area contributed by atoms with Gasteiger partial charge in [0.05, 0.1) is 6.54 Å². The molecule has 1 atom stereocenters. The minimum atomic E-state index is 0.244. The second-order valence-electron chi connectivity index (χ2n) is 4.00. The zero-order valence-corrected chi connectivity index (χ0v) is 10.4. The summed E-state index contributed by atoms with van der Waals surface area (Å²) in [7, 11) is 1.82. The first-order valence-corrected chi connectivity index (χ1v) is 6.32. The standard InChI is InChI=1S/C10H16N4OS/c1-3-7-4-9(15)14(5-7)6-8-12-13-10(11-2)16-8/h7H,3-6H2,1-2H3,(H,11,13). The molecule has 2 rings (SSSR count). The number of hydrogen-bond donors (Lipinski definition) is 1. The maximum absolute atomic E-state index is 11.7. The van der Waals surface area contributed by atoms with Crippen molar-refractivity contribution in [2.24, 2.45) is 5.92 Å². The molecule has 0 bridgehead atoms. The van der Waals surface area contributed by atoms with Crippen LogP contribution in [0.1, 0.15) is 24.8 Å². The van der Waals surface area contributed by atoms with Crippen LogP contribution < -0.4 is 5.32 Å². The maximum Gasteiger partial charge on any atom is 0.223 e. The number of nitrogens with zero attached hydrogens (tertiary/aromatic N) is 3. The fraction of sp³-hybridized carbons (Fsp3) is 0.700. The summed E-state index contributed by atoms with van der Waals surface area (Å²) in [4.78, 5) is 13.6. The monoisotopic (exact) mass is 240 g/mol. The highest BCUT2D eigenvalue weighted by Crippen LogP contribution is 2.24. The maximum atomic E-state index is 11.7. The van der Waals surface area contributed by atoms with Gasteiger partial charge >= 0.3 is 0 Å². The molecule has 0 spiro atoms. The Morgan fingerprint density at radius 3 is 2.94 bits per heavy atom. The first-order chi connectivity index (χ1) is 7.72. The van der Waals surface area contributed by atoms with E-state index >= 15 is 0 Å². The molecule has 0 saturated carbocycles. The number of carbonyl (C=O) groups excluding carboxylic acids is 1. The average Bonchev–Trinajstić information content (AvgIpc) is 2.87. The molecule has 1 aliphatic rings. The van der Waals surface area contributed by atoms with E-state index in [1.54, 1.807) is 0 Å². The van der Waals surface area contributed by atoms with Gasteiger partial charge in [-0.25, -0.2) is 0 Å². The lowest BCUT2D eigenvalue weighted by Gasteiger charge is -2.13. The minimum Gasteiger partial charge on any atom is -0.363 e. The number of hydrogen-bond acceptors (Lipinski definition) is 5. The Balaban J connectivity index is 1.97. The molecule has 88 valence electrons. The number of rotatable bonds is 4. The summed E-state index contributed by atoms with van der Waals surface area (Å²) < 4.78 is 0. The van der Waals surface area contributed by atoms with Crippen molar-refractivity contribution in [1.29, 1.82) is 0 Å². The Kier molecular flexibility index (Phi) is 3.38. The Morgan fingerprint density at radius 1 is 1.56 bits per heavy atom. The van der Waals surface area contributed by atoms with E-state index < -0.39 is 0 Å². The normalized spacial score (nSPS) is 20.5. The molecule has 0 aromatic carbocycles. The van der Waals surface area contributed by atoms with Crippen LogP contribution in [0.4, 0.5) is 5.13 Å². The molecule has 1 amide bonds. The predicted octanol–water partition coefficient (Wildman–Crippen LogP) is 1.34. The van der Waals surface area contributed by atoms with E-state index in [9.17, 15) is 4.79 Å². The smallest absolute Gasteiger partial charge is 0.223 e. The van der Waals surface area contributed by atoms with E-state index in [0.29, 0.717) is 18.9 Å². The van der Waals surface area contributed by atoms with Crippen LogP contribution in [0.25, 0.3) is 0 Å². The predicted molar refractivity (Wildman–Crippen MR) is 63.3 cm³/mol. The molecule has 1 fully saturated rings. The van der Waals surface area contributed by atoms with Gasteiger partial charge in [0.1, 0.15) is 5.01 Å². The zero-order chi connectivity index (χ0) is 11.5. The van der Waals surface area contributed by atoms with Crippen LogP contribution in [0.2, 0.25) is 0 Å². The lowest BCUT2D eigenvalue weighted by Crippen LogP contribution is -2.24. The number of carbonyl (C=O) groups is 1. The summed E-state index contributed by atoms with van der Waals surface area (Å²) >= 11 is 1.50. The number of amides is 1. The molecule has 1 aromatic heterocycles. The molecule has 1 N–H and O–H groups in total. The lowest BCUT2D eigenvalue weighted by atomic mass is 10.1. The van der Waals surface area contributed by atoms with E-state index in [4.69, 9.17) is 0 Å². The largest absolute Gasteiger partial charge is 0.363 e. The molecule has 1 aromatic rings. The van der Waals surface area contributed by atoms with Gasteiger partial charge in [0, 0.05) is 20.0 Å². The highest BCUT2D eigenvalue weighted by Gasteiger charge is 2.28. The van der Waals surface area contributed by atoms with Gasteiger partial charge in [0.2, 0.25) is 11.0 Å². The number of aromatic nitrogens is 2. The van der Waals surface area contributed by atoms with E-state index in [0.717, 1.165) is 23.1 Å². The first-order valence-electron chi connectivity index (χ1n) is 5.50. The van der Waals surface area contributed by atoms with Crippen LogP contribution in [-0.2, 0) is 11.3 Å². The molecule has 0 radical (unpaired) electrons. The van der Waals surface area contributed by atoms with Crippen LogP contribution in [0, 0.1) is 5.92 Å². The van der Waals surface area contributed by atoms with Gasteiger partial charge in [0.15, 0.2) is 0 Å². The SMILES string of the molecule is CCC1CC(=O)N(Cc2nnc(NC)s2)C1. The average molecular weight is 240 g/mol. The van der Waals surface area contributed by atoms with Crippen LogP contribution in [-0.4, -0.2) is 34.6 Å². The Hall–Kier alpha value is -1.17. The van der Waals surface area contributed by atoms with Gasteiger partial charge in [-0.1, -0.05) is 24.7 Å². The lowest BCUT2D eigenvalue weighted by molar-refractivity contribution is -0.128. The summed E-state index contributed by atoms with van der Waals surface area (Å²) in [6.45, 7) is 3.60. The quantitative estimate of drug-likeness (QED) is 0.862. The van der Waals surface area contributed by atoms with Crippen molar-refractivity contribution in [1.82, 2.24) is 15.1 Å². The highest BCUT2D eigenvalue weighted by molar-refractivity contribution is 7.15. The van der Waals surface area contributed by atoms with Crippen molar-refractivity contribution in [3.05, 3.63) is 5.01 Å². The van der Waals surface area contributed by atoms with E-state index in [1.807, 2.05) is 11.9 Å². The van der Waals surface area contributed by atoms with Crippen LogP contribution in [0.5, 0.6) is 0 Å². The number of nitrogens with one attached hydrogen (secondary N) is 1. The van der Waals surface area contributed by atoms with Gasteiger partial charge in [-0.05, 0) is 5.92 Å². The van der Waals surface area contributed by atoms with Gasteiger partial charge in [-0.15, -0.1) is 10.2 Å². The third-order valence-corrected chi connectivity index (χ3v) is 3.80. The van der Waals surface area contributed by atoms with Crippen molar-refractivity contribution in [3.63, 3.8) is 0 Å². The molecule has 2 heterocycles. The summed E-state index contributed by atoms with van der Waals surface area (Å²) in [6, 6.07) is 0.